The lowest BCUT2D eigenvalue weighted by atomic mass is 9.92. The van der Waals surface area contributed by atoms with Gasteiger partial charge in [-0.25, -0.2) is 0 Å². The summed E-state index contributed by atoms with van der Waals surface area (Å²) in [5.74, 6) is -0.00278. The highest BCUT2D eigenvalue weighted by Crippen LogP contribution is 2.45. The molecule has 1 aromatic carbocycles. The van der Waals surface area contributed by atoms with Crippen molar-refractivity contribution >= 4 is 34.2 Å². The van der Waals surface area contributed by atoms with Crippen molar-refractivity contribution in [3.05, 3.63) is 27.3 Å². The summed E-state index contributed by atoms with van der Waals surface area (Å²) < 4.78 is 6.82. The van der Waals surface area contributed by atoms with Gasteiger partial charge in [-0.3, -0.25) is 4.79 Å². The monoisotopic (exact) mass is 315 g/mol. The Kier molecular flexibility index (Phi) is 2.04. The highest BCUT2D eigenvalue weighted by molar-refractivity contribution is 14.1. The molecule has 1 fully saturated rings. The number of halogens is 1. The molecule has 4 heteroatoms. The van der Waals surface area contributed by atoms with Crippen LogP contribution in [-0.4, -0.2) is 12.5 Å². The largest absolute Gasteiger partial charge is 0.360 e. The number of carbonyl (C=O) groups is 1. The number of benzene rings is 1. The van der Waals surface area contributed by atoms with E-state index in [1.807, 2.05) is 18.2 Å². The average Bonchev–Trinajstić information content (AvgIpc) is 2.78. The number of hydrogen-bond acceptors (Lipinski definition) is 2. The van der Waals surface area contributed by atoms with Gasteiger partial charge in [0.15, 0.2) is 5.60 Å². The van der Waals surface area contributed by atoms with Crippen LogP contribution in [0.15, 0.2) is 18.2 Å². The van der Waals surface area contributed by atoms with Crippen molar-refractivity contribution in [1.82, 2.24) is 0 Å². The third-order valence-corrected chi connectivity index (χ3v) is 3.72. The van der Waals surface area contributed by atoms with Crippen molar-refractivity contribution in [3.63, 3.8) is 0 Å². The Labute approximate surface area is 101 Å². The molecule has 0 aromatic heterocycles. The van der Waals surface area contributed by atoms with Crippen LogP contribution in [0.25, 0.3) is 0 Å². The summed E-state index contributed by atoms with van der Waals surface area (Å²) in [6, 6.07) is 5.98. The van der Waals surface area contributed by atoms with Crippen molar-refractivity contribution < 1.29 is 9.53 Å². The Morgan fingerprint density at radius 3 is 3.07 bits per heavy atom. The summed E-state index contributed by atoms with van der Waals surface area (Å²) in [4.78, 5) is 11.9. The Hall–Kier alpha value is -0.620. The number of nitrogens with one attached hydrogen (secondary N) is 1. The maximum absolute atomic E-state index is 11.9. The highest BCUT2D eigenvalue weighted by Gasteiger charge is 2.50. The van der Waals surface area contributed by atoms with Gasteiger partial charge in [-0.1, -0.05) is 0 Å². The van der Waals surface area contributed by atoms with Gasteiger partial charge in [0.1, 0.15) is 0 Å². The van der Waals surface area contributed by atoms with Gasteiger partial charge in [0.2, 0.25) is 0 Å². The maximum atomic E-state index is 11.9. The van der Waals surface area contributed by atoms with Gasteiger partial charge in [0, 0.05) is 21.4 Å². The average molecular weight is 315 g/mol. The number of rotatable bonds is 0. The Morgan fingerprint density at radius 2 is 2.33 bits per heavy atom. The molecule has 0 saturated carbocycles. The molecule has 15 heavy (non-hydrogen) atoms. The highest BCUT2D eigenvalue weighted by atomic mass is 127. The molecule has 1 unspecified atom stereocenters. The standard InChI is InChI=1S/C11H10INO2/c12-7-2-3-9-8(6-7)11(10(14)13-9)4-1-5-15-11/h2-3,6H,1,4-5H2,(H,13,14). The van der Waals surface area contributed by atoms with Gasteiger partial charge >= 0.3 is 0 Å². The van der Waals surface area contributed by atoms with E-state index in [9.17, 15) is 4.79 Å². The van der Waals surface area contributed by atoms with Crippen LogP contribution in [-0.2, 0) is 15.1 Å². The SMILES string of the molecule is O=C1Nc2ccc(I)cc2C12CCCO2. The molecule has 1 spiro atoms. The van der Waals surface area contributed by atoms with E-state index in [-0.39, 0.29) is 5.91 Å². The number of anilines is 1. The lowest BCUT2D eigenvalue weighted by molar-refractivity contribution is -0.135. The van der Waals surface area contributed by atoms with Crippen LogP contribution in [0.3, 0.4) is 0 Å². The first-order valence-electron chi connectivity index (χ1n) is 4.98. The van der Waals surface area contributed by atoms with Gasteiger partial charge in [0.25, 0.3) is 5.91 Å². The van der Waals surface area contributed by atoms with Crippen molar-refractivity contribution in [3.8, 4) is 0 Å². The maximum Gasteiger partial charge on any atom is 0.261 e. The zero-order valence-corrected chi connectivity index (χ0v) is 10.2. The summed E-state index contributed by atoms with van der Waals surface area (Å²) in [5.41, 5.74) is 1.23. The molecule has 78 valence electrons. The lowest BCUT2D eigenvalue weighted by Gasteiger charge is -2.20. The second-order valence-corrected chi connectivity index (χ2v) is 5.17. The van der Waals surface area contributed by atoms with Crippen LogP contribution in [0, 0.1) is 3.57 Å². The summed E-state index contributed by atoms with van der Waals surface area (Å²) in [6.07, 6.45) is 1.75. The predicted octanol–water partition coefficient (Wildman–Crippen LogP) is 2.25. The Morgan fingerprint density at radius 1 is 1.47 bits per heavy atom. The van der Waals surface area contributed by atoms with Crippen LogP contribution in [0.4, 0.5) is 5.69 Å². The number of ether oxygens (including phenoxy) is 1. The van der Waals surface area contributed by atoms with Gasteiger partial charge in [-0.2, -0.15) is 0 Å². The van der Waals surface area contributed by atoms with Gasteiger partial charge in [0.05, 0.1) is 0 Å². The first-order chi connectivity index (χ1) is 7.22. The van der Waals surface area contributed by atoms with Crippen molar-refractivity contribution in [1.29, 1.82) is 0 Å². The van der Waals surface area contributed by atoms with Crippen molar-refractivity contribution in [2.45, 2.75) is 18.4 Å². The fraction of sp³-hybridized carbons (Fsp3) is 0.364. The molecule has 3 nitrogen and oxygen atoms in total. The number of amides is 1. The molecule has 0 radical (unpaired) electrons. The molecule has 0 aliphatic carbocycles. The number of fused-ring (bicyclic) bond motifs is 2. The van der Waals surface area contributed by atoms with Gasteiger partial charge in [-0.15, -0.1) is 0 Å². The summed E-state index contributed by atoms with van der Waals surface area (Å²) >= 11 is 2.26. The van der Waals surface area contributed by atoms with E-state index in [0.717, 1.165) is 27.7 Å². The molecule has 1 aromatic rings. The van der Waals surface area contributed by atoms with E-state index < -0.39 is 5.60 Å². The molecule has 1 N–H and O–H groups in total. The molecule has 2 heterocycles. The van der Waals surface area contributed by atoms with E-state index in [2.05, 4.69) is 27.9 Å². The van der Waals surface area contributed by atoms with Crippen LogP contribution in [0.1, 0.15) is 18.4 Å². The van der Waals surface area contributed by atoms with Crippen molar-refractivity contribution in [2.75, 3.05) is 11.9 Å². The second-order valence-electron chi connectivity index (χ2n) is 3.92. The van der Waals surface area contributed by atoms with E-state index in [1.54, 1.807) is 0 Å². The molecule has 1 atom stereocenters. The fourth-order valence-corrected chi connectivity index (χ4v) is 2.83. The number of carbonyl (C=O) groups excluding carboxylic acids is 1. The molecule has 1 saturated heterocycles. The summed E-state index contributed by atoms with van der Waals surface area (Å²) in [6.45, 7) is 0.679. The molecular weight excluding hydrogens is 305 g/mol. The zero-order chi connectivity index (χ0) is 10.5. The minimum atomic E-state index is -0.684. The summed E-state index contributed by atoms with van der Waals surface area (Å²) in [7, 11) is 0. The fourth-order valence-electron chi connectivity index (χ4n) is 2.34. The Bertz CT molecular complexity index is 438. The molecule has 1 amide bonds. The van der Waals surface area contributed by atoms with E-state index >= 15 is 0 Å². The van der Waals surface area contributed by atoms with Crippen LogP contribution in [0.5, 0.6) is 0 Å². The quantitative estimate of drug-likeness (QED) is 0.746. The van der Waals surface area contributed by atoms with Crippen LogP contribution < -0.4 is 5.32 Å². The molecule has 0 bridgehead atoms. The Balaban J connectivity index is 2.19. The molecule has 3 rings (SSSR count). The minimum absolute atomic E-state index is 0.00278. The summed E-state index contributed by atoms with van der Waals surface area (Å²) in [5, 5.41) is 2.89. The third-order valence-electron chi connectivity index (χ3n) is 3.05. The third kappa shape index (κ3) is 1.24. The van der Waals surface area contributed by atoms with Gasteiger partial charge in [-0.05, 0) is 53.6 Å². The second kappa shape index (κ2) is 3.18. The van der Waals surface area contributed by atoms with Gasteiger partial charge < -0.3 is 10.1 Å². The first-order valence-corrected chi connectivity index (χ1v) is 6.06. The predicted molar refractivity (Wildman–Crippen MR) is 64.7 cm³/mol. The lowest BCUT2D eigenvalue weighted by Crippen LogP contribution is -2.33. The van der Waals surface area contributed by atoms with Crippen LogP contribution in [0.2, 0.25) is 0 Å². The topological polar surface area (TPSA) is 38.3 Å². The van der Waals surface area contributed by atoms with E-state index in [0.29, 0.717) is 6.61 Å². The zero-order valence-electron chi connectivity index (χ0n) is 8.05. The molecule has 2 aliphatic rings. The molecular formula is C11H10INO2. The van der Waals surface area contributed by atoms with E-state index in [1.165, 1.54) is 0 Å². The number of hydrogen-bond donors (Lipinski definition) is 1. The van der Waals surface area contributed by atoms with E-state index in [4.69, 9.17) is 4.74 Å². The van der Waals surface area contributed by atoms with Crippen LogP contribution >= 0.6 is 22.6 Å². The first kappa shape index (κ1) is 9.59. The smallest absolute Gasteiger partial charge is 0.261 e. The molecule has 2 aliphatic heterocycles. The minimum Gasteiger partial charge on any atom is -0.360 e. The van der Waals surface area contributed by atoms with Crippen molar-refractivity contribution in [2.24, 2.45) is 0 Å². The normalized spacial score (nSPS) is 28.2.